The number of hydrogen-bond donors (Lipinski definition) is 0. The van der Waals surface area contributed by atoms with E-state index in [4.69, 9.17) is 9.47 Å². The van der Waals surface area contributed by atoms with Crippen molar-refractivity contribution in [2.24, 2.45) is 17.3 Å². The first-order valence-corrected chi connectivity index (χ1v) is 8.53. The van der Waals surface area contributed by atoms with Crippen LogP contribution >= 0.6 is 0 Å². The van der Waals surface area contributed by atoms with E-state index >= 15 is 0 Å². The van der Waals surface area contributed by atoms with Crippen molar-refractivity contribution >= 4 is 0 Å². The van der Waals surface area contributed by atoms with Crippen LogP contribution in [0, 0.1) is 17.3 Å². The highest BCUT2D eigenvalue weighted by molar-refractivity contribution is 5.41. The summed E-state index contributed by atoms with van der Waals surface area (Å²) in [5, 5.41) is 0. The van der Waals surface area contributed by atoms with Crippen LogP contribution in [0.2, 0.25) is 0 Å². The van der Waals surface area contributed by atoms with Crippen LogP contribution in [0.1, 0.15) is 49.7 Å². The minimum atomic E-state index is 0.482. The molecule has 2 saturated carbocycles. The van der Waals surface area contributed by atoms with Gasteiger partial charge in [-0.25, -0.2) is 0 Å². The first-order chi connectivity index (χ1) is 10.2. The number of epoxide rings is 1. The molecule has 2 heteroatoms. The Morgan fingerprint density at radius 2 is 2.19 bits per heavy atom. The second kappa shape index (κ2) is 4.04. The Bertz CT molecular complexity index is 595. The van der Waals surface area contributed by atoms with E-state index in [-0.39, 0.29) is 0 Å². The number of ether oxygens (including phenoxy) is 2. The summed E-state index contributed by atoms with van der Waals surface area (Å²) in [6, 6.07) is 6.78. The second-order valence-electron chi connectivity index (χ2n) is 7.86. The van der Waals surface area contributed by atoms with Gasteiger partial charge in [-0.3, -0.25) is 0 Å². The summed E-state index contributed by atoms with van der Waals surface area (Å²) in [5.74, 6) is 3.59. The predicted molar refractivity (Wildman–Crippen MR) is 81.7 cm³/mol. The number of aryl methyl sites for hydroxylation is 1. The second-order valence-corrected chi connectivity index (χ2v) is 7.86. The molecule has 0 radical (unpaired) electrons. The molecule has 0 aromatic heterocycles. The molecule has 0 unspecified atom stereocenters. The van der Waals surface area contributed by atoms with Crippen LogP contribution in [0.15, 0.2) is 18.2 Å². The van der Waals surface area contributed by atoms with Crippen molar-refractivity contribution in [1.82, 2.24) is 0 Å². The van der Waals surface area contributed by atoms with Gasteiger partial charge < -0.3 is 9.47 Å². The van der Waals surface area contributed by atoms with Gasteiger partial charge in [-0.15, -0.1) is 0 Å². The van der Waals surface area contributed by atoms with Crippen LogP contribution in [0.4, 0.5) is 0 Å². The molecule has 21 heavy (non-hydrogen) atoms. The normalized spacial score (nSPS) is 46.1. The van der Waals surface area contributed by atoms with Gasteiger partial charge in [-0.2, -0.15) is 0 Å². The number of benzene rings is 1. The largest absolute Gasteiger partial charge is 0.497 e. The van der Waals surface area contributed by atoms with Crippen molar-refractivity contribution in [1.29, 1.82) is 0 Å². The van der Waals surface area contributed by atoms with Gasteiger partial charge in [0.05, 0.1) is 19.3 Å². The fraction of sp³-hybridized carbons (Fsp3) is 0.684. The number of methoxy groups -OCH3 is 1. The lowest BCUT2D eigenvalue weighted by Crippen LogP contribution is -2.42. The van der Waals surface area contributed by atoms with Gasteiger partial charge >= 0.3 is 0 Å². The van der Waals surface area contributed by atoms with Gasteiger partial charge in [0.1, 0.15) is 5.75 Å². The van der Waals surface area contributed by atoms with Crippen molar-refractivity contribution in [3.63, 3.8) is 0 Å². The number of rotatable bonds is 1. The monoisotopic (exact) mass is 284 g/mol. The molecule has 3 aliphatic carbocycles. The van der Waals surface area contributed by atoms with Gasteiger partial charge in [0.25, 0.3) is 0 Å². The molecule has 0 spiro atoms. The summed E-state index contributed by atoms with van der Waals surface area (Å²) in [4.78, 5) is 0. The molecule has 4 aliphatic rings. The zero-order valence-electron chi connectivity index (χ0n) is 13.0. The van der Waals surface area contributed by atoms with E-state index < -0.39 is 0 Å². The van der Waals surface area contributed by atoms with Gasteiger partial charge in [0.2, 0.25) is 0 Å². The lowest BCUT2D eigenvalue weighted by Gasteiger charge is -2.49. The molecular weight excluding hydrogens is 260 g/mol. The third-order valence-electron chi connectivity index (χ3n) is 7.09. The molecule has 1 aromatic rings. The molecule has 0 N–H and O–H groups in total. The molecule has 1 aliphatic heterocycles. The molecule has 112 valence electrons. The SMILES string of the molecule is COc1ccc2c(c1)CC[C@@H]1[C@@H]2CC[C@@]2(C)[C@@H]3O[C@@H]3C[C@@H]12. The van der Waals surface area contributed by atoms with Gasteiger partial charge in [-0.1, -0.05) is 13.0 Å². The van der Waals surface area contributed by atoms with E-state index in [0.717, 1.165) is 23.5 Å². The fourth-order valence-corrected chi connectivity index (χ4v) is 5.98. The van der Waals surface area contributed by atoms with E-state index in [1.807, 2.05) is 0 Å². The first kappa shape index (κ1) is 12.5. The Labute approximate surface area is 126 Å². The van der Waals surface area contributed by atoms with Crippen molar-refractivity contribution in [3.8, 4) is 5.75 Å². The maximum Gasteiger partial charge on any atom is 0.119 e. The molecule has 6 atom stereocenters. The van der Waals surface area contributed by atoms with Crippen molar-refractivity contribution in [2.45, 2.75) is 57.2 Å². The quantitative estimate of drug-likeness (QED) is 0.729. The number of fused-ring (bicyclic) bond motifs is 7. The van der Waals surface area contributed by atoms with Gasteiger partial charge in [-0.05, 0) is 78.5 Å². The maximum absolute atomic E-state index is 5.89. The van der Waals surface area contributed by atoms with Crippen molar-refractivity contribution in [2.75, 3.05) is 7.11 Å². The zero-order valence-corrected chi connectivity index (χ0v) is 13.0. The Morgan fingerprint density at radius 1 is 1.29 bits per heavy atom. The van der Waals surface area contributed by atoms with Crippen molar-refractivity contribution in [3.05, 3.63) is 29.3 Å². The summed E-state index contributed by atoms with van der Waals surface area (Å²) in [5.41, 5.74) is 3.64. The minimum absolute atomic E-state index is 0.482. The summed E-state index contributed by atoms with van der Waals surface area (Å²) in [6.07, 6.45) is 7.83. The van der Waals surface area contributed by atoms with Gasteiger partial charge in [0.15, 0.2) is 0 Å². The van der Waals surface area contributed by atoms with E-state index in [0.29, 0.717) is 17.6 Å². The summed E-state index contributed by atoms with van der Waals surface area (Å²) in [6.45, 7) is 2.51. The summed E-state index contributed by atoms with van der Waals surface area (Å²) in [7, 11) is 1.77. The topological polar surface area (TPSA) is 21.8 Å². The van der Waals surface area contributed by atoms with Crippen LogP contribution in [0.3, 0.4) is 0 Å². The molecule has 3 fully saturated rings. The third kappa shape index (κ3) is 1.57. The summed E-state index contributed by atoms with van der Waals surface area (Å²) < 4.78 is 11.3. The Morgan fingerprint density at radius 3 is 3.05 bits per heavy atom. The summed E-state index contributed by atoms with van der Waals surface area (Å²) >= 11 is 0. The molecule has 1 saturated heterocycles. The third-order valence-corrected chi connectivity index (χ3v) is 7.09. The highest BCUT2D eigenvalue weighted by Gasteiger charge is 2.66. The Kier molecular flexibility index (Phi) is 2.41. The van der Waals surface area contributed by atoms with E-state index in [1.165, 1.54) is 32.1 Å². The molecule has 0 amide bonds. The molecular formula is C19H24O2. The molecule has 5 rings (SSSR count). The highest BCUT2D eigenvalue weighted by Crippen LogP contribution is 2.66. The highest BCUT2D eigenvalue weighted by atomic mass is 16.6. The Hall–Kier alpha value is -1.02. The number of hydrogen-bond acceptors (Lipinski definition) is 2. The van der Waals surface area contributed by atoms with Gasteiger partial charge in [0, 0.05) is 0 Å². The van der Waals surface area contributed by atoms with Crippen molar-refractivity contribution < 1.29 is 9.47 Å². The van der Waals surface area contributed by atoms with Crippen LogP contribution in [-0.4, -0.2) is 19.3 Å². The lowest BCUT2D eigenvalue weighted by molar-refractivity contribution is 0.00418. The van der Waals surface area contributed by atoms with E-state index in [2.05, 4.69) is 25.1 Å². The van der Waals surface area contributed by atoms with Crippen LogP contribution in [-0.2, 0) is 11.2 Å². The smallest absolute Gasteiger partial charge is 0.119 e. The fourth-order valence-electron chi connectivity index (χ4n) is 5.98. The molecule has 0 bridgehead atoms. The lowest BCUT2D eigenvalue weighted by atomic mass is 9.55. The first-order valence-electron chi connectivity index (χ1n) is 8.53. The average Bonchev–Trinajstić information content (AvgIpc) is 3.23. The maximum atomic E-state index is 5.89. The van der Waals surface area contributed by atoms with Crippen LogP contribution in [0.25, 0.3) is 0 Å². The van der Waals surface area contributed by atoms with E-state index in [9.17, 15) is 0 Å². The molecule has 1 aromatic carbocycles. The molecule has 2 nitrogen and oxygen atoms in total. The molecule has 1 heterocycles. The zero-order chi connectivity index (χ0) is 14.2. The van der Waals surface area contributed by atoms with E-state index in [1.54, 1.807) is 18.2 Å². The average molecular weight is 284 g/mol. The minimum Gasteiger partial charge on any atom is -0.497 e. The standard InChI is InChI=1S/C19H24O2/c1-19-8-7-14-13-6-4-12(20-2)9-11(13)3-5-15(14)16(19)10-17-18(19)21-17/h4,6,9,14-18H,3,5,7-8,10H2,1-2H3/t14-,15-,16+,17-,18-,19-/m1/s1. The Balaban J connectivity index is 1.51. The predicted octanol–water partition coefficient (Wildman–Crippen LogP) is 3.93. The van der Waals surface area contributed by atoms with Crippen LogP contribution in [0.5, 0.6) is 5.75 Å². The van der Waals surface area contributed by atoms with Crippen LogP contribution < -0.4 is 4.74 Å².